The van der Waals surface area contributed by atoms with Crippen molar-refractivity contribution in [3.05, 3.63) is 65.9 Å². The summed E-state index contributed by atoms with van der Waals surface area (Å²) in [5.41, 5.74) is 4.52. The molecule has 5 nitrogen and oxygen atoms in total. The molecule has 1 heterocycles. The second-order valence-corrected chi connectivity index (χ2v) is 5.52. The number of hydrogen-bond donors (Lipinski definition) is 2. The van der Waals surface area contributed by atoms with Gasteiger partial charge >= 0.3 is 0 Å². The Morgan fingerprint density at radius 3 is 1.83 bits per heavy atom. The molecule has 3 rings (SSSR count). The third kappa shape index (κ3) is 4.07. The first-order chi connectivity index (χ1) is 11.8. The molecule has 3 aromatic rings. The van der Waals surface area contributed by atoms with Gasteiger partial charge in [0.25, 0.3) is 0 Å². The molecule has 0 unspecified atom stereocenters. The zero-order valence-electron chi connectivity index (χ0n) is 14.0. The van der Waals surface area contributed by atoms with Crippen LogP contribution in [-0.2, 0) is 12.8 Å². The van der Waals surface area contributed by atoms with Crippen LogP contribution in [0, 0.1) is 0 Å². The number of hydrogen-bond acceptors (Lipinski definition) is 5. The summed E-state index contributed by atoms with van der Waals surface area (Å²) in [6, 6.07) is 16.5. The molecular formula is C19H21N5. The molecule has 0 bridgehead atoms. The largest absolute Gasteiger partial charge is 0.339 e. The number of anilines is 4. The van der Waals surface area contributed by atoms with Gasteiger partial charge in [0.15, 0.2) is 5.82 Å². The summed E-state index contributed by atoms with van der Waals surface area (Å²) in [7, 11) is 0. The van der Waals surface area contributed by atoms with E-state index in [2.05, 4.69) is 63.9 Å². The minimum atomic E-state index is 0.467. The molecule has 5 heteroatoms. The molecule has 0 amide bonds. The second-order valence-electron chi connectivity index (χ2n) is 5.52. The van der Waals surface area contributed by atoms with Crippen LogP contribution >= 0.6 is 0 Å². The maximum absolute atomic E-state index is 4.45. The SMILES string of the molecule is CCc1ccc(Nc2cnnc(Nc3ccc(CC)cc3)n2)cc1. The van der Waals surface area contributed by atoms with Gasteiger partial charge in [0.1, 0.15) is 0 Å². The molecule has 0 saturated carbocycles. The van der Waals surface area contributed by atoms with E-state index in [9.17, 15) is 0 Å². The van der Waals surface area contributed by atoms with Crippen molar-refractivity contribution in [1.82, 2.24) is 15.2 Å². The Bertz CT molecular complexity index is 717. The normalized spacial score (nSPS) is 10.4. The van der Waals surface area contributed by atoms with Gasteiger partial charge in [-0.1, -0.05) is 38.1 Å². The Morgan fingerprint density at radius 2 is 1.29 bits per heavy atom. The van der Waals surface area contributed by atoms with Gasteiger partial charge in [0.05, 0.1) is 6.20 Å². The van der Waals surface area contributed by atoms with Crippen molar-refractivity contribution in [3.63, 3.8) is 0 Å². The first-order valence-electron chi connectivity index (χ1n) is 8.18. The van der Waals surface area contributed by atoms with Crippen molar-refractivity contribution < 1.29 is 0 Å². The Balaban J connectivity index is 1.70. The number of rotatable bonds is 6. The van der Waals surface area contributed by atoms with E-state index in [1.54, 1.807) is 6.20 Å². The molecule has 2 aromatic carbocycles. The Kier molecular flexibility index (Phi) is 5.01. The van der Waals surface area contributed by atoms with Gasteiger partial charge in [-0.2, -0.15) is 10.1 Å². The van der Waals surface area contributed by atoms with Crippen LogP contribution in [0.15, 0.2) is 54.7 Å². The van der Waals surface area contributed by atoms with Crippen LogP contribution in [0.25, 0.3) is 0 Å². The maximum atomic E-state index is 4.45. The van der Waals surface area contributed by atoms with Crippen molar-refractivity contribution >= 4 is 23.1 Å². The summed E-state index contributed by atoms with van der Waals surface area (Å²) in [5.74, 6) is 1.12. The van der Waals surface area contributed by atoms with E-state index < -0.39 is 0 Å². The summed E-state index contributed by atoms with van der Waals surface area (Å²) in [4.78, 5) is 4.45. The third-order valence-corrected chi connectivity index (χ3v) is 3.81. The number of aromatic nitrogens is 3. The monoisotopic (exact) mass is 319 g/mol. The lowest BCUT2D eigenvalue weighted by Crippen LogP contribution is -2.02. The molecule has 24 heavy (non-hydrogen) atoms. The molecule has 1 aromatic heterocycles. The fraction of sp³-hybridized carbons (Fsp3) is 0.211. The molecule has 0 radical (unpaired) electrons. The lowest BCUT2D eigenvalue weighted by molar-refractivity contribution is 0.982. The summed E-state index contributed by atoms with van der Waals surface area (Å²) >= 11 is 0. The predicted molar refractivity (Wildman–Crippen MR) is 98.0 cm³/mol. The van der Waals surface area contributed by atoms with Crippen molar-refractivity contribution in [2.45, 2.75) is 26.7 Å². The lowest BCUT2D eigenvalue weighted by Gasteiger charge is -2.08. The van der Waals surface area contributed by atoms with Gasteiger partial charge in [-0.05, 0) is 48.2 Å². The standard InChI is InChI=1S/C19H21N5/c1-3-14-5-9-16(10-6-14)21-18-13-20-24-19(23-18)22-17-11-7-15(4-2)8-12-17/h5-13H,3-4H2,1-2H3,(H2,21,22,23,24). The van der Waals surface area contributed by atoms with Gasteiger partial charge in [0, 0.05) is 11.4 Å². The number of nitrogens with zero attached hydrogens (tertiary/aromatic N) is 3. The quantitative estimate of drug-likeness (QED) is 0.701. The number of aryl methyl sites for hydroxylation is 2. The Morgan fingerprint density at radius 1 is 0.750 bits per heavy atom. The van der Waals surface area contributed by atoms with Crippen molar-refractivity contribution in [1.29, 1.82) is 0 Å². The number of nitrogens with one attached hydrogen (secondary N) is 2. The first-order valence-corrected chi connectivity index (χ1v) is 8.18. The van der Waals surface area contributed by atoms with E-state index in [-0.39, 0.29) is 0 Å². The summed E-state index contributed by atoms with van der Waals surface area (Å²) < 4.78 is 0. The Hall–Kier alpha value is -2.95. The molecule has 0 aliphatic carbocycles. The van der Waals surface area contributed by atoms with Crippen LogP contribution in [-0.4, -0.2) is 15.2 Å². The number of benzene rings is 2. The fourth-order valence-corrected chi connectivity index (χ4v) is 2.34. The van der Waals surface area contributed by atoms with Crippen LogP contribution in [0.4, 0.5) is 23.1 Å². The minimum Gasteiger partial charge on any atom is -0.339 e. The van der Waals surface area contributed by atoms with E-state index >= 15 is 0 Å². The topological polar surface area (TPSA) is 62.7 Å². The zero-order valence-corrected chi connectivity index (χ0v) is 14.0. The van der Waals surface area contributed by atoms with Crippen LogP contribution < -0.4 is 10.6 Å². The highest BCUT2D eigenvalue weighted by Gasteiger charge is 2.02. The van der Waals surface area contributed by atoms with Crippen LogP contribution in [0.5, 0.6) is 0 Å². The van der Waals surface area contributed by atoms with E-state index in [1.165, 1.54) is 11.1 Å². The summed E-state index contributed by atoms with van der Waals surface area (Å²) in [5, 5.41) is 14.5. The summed E-state index contributed by atoms with van der Waals surface area (Å²) in [6.45, 7) is 4.28. The van der Waals surface area contributed by atoms with Crippen LogP contribution in [0.1, 0.15) is 25.0 Å². The smallest absolute Gasteiger partial charge is 0.249 e. The average Bonchev–Trinajstić information content (AvgIpc) is 2.63. The Labute approximate surface area is 142 Å². The van der Waals surface area contributed by atoms with Gasteiger partial charge in [-0.3, -0.25) is 0 Å². The minimum absolute atomic E-state index is 0.467. The molecule has 0 saturated heterocycles. The molecule has 0 fully saturated rings. The predicted octanol–water partition coefficient (Wildman–Crippen LogP) is 4.48. The molecule has 0 aliphatic heterocycles. The maximum Gasteiger partial charge on any atom is 0.249 e. The van der Waals surface area contributed by atoms with Crippen molar-refractivity contribution in [2.75, 3.05) is 10.6 Å². The molecular weight excluding hydrogens is 298 g/mol. The second kappa shape index (κ2) is 7.55. The highest BCUT2D eigenvalue weighted by Crippen LogP contribution is 2.18. The molecule has 122 valence electrons. The molecule has 0 atom stereocenters. The van der Waals surface area contributed by atoms with Crippen LogP contribution in [0.2, 0.25) is 0 Å². The zero-order chi connectivity index (χ0) is 16.8. The highest BCUT2D eigenvalue weighted by atomic mass is 15.3. The van der Waals surface area contributed by atoms with E-state index in [0.717, 1.165) is 24.2 Å². The van der Waals surface area contributed by atoms with Gasteiger partial charge in [-0.25, -0.2) is 0 Å². The third-order valence-electron chi connectivity index (χ3n) is 3.81. The van der Waals surface area contributed by atoms with Gasteiger partial charge in [0.2, 0.25) is 5.95 Å². The van der Waals surface area contributed by atoms with E-state index in [1.807, 2.05) is 24.3 Å². The van der Waals surface area contributed by atoms with Crippen molar-refractivity contribution in [2.24, 2.45) is 0 Å². The lowest BCUT2D eigenvalue weighted by atomic mass is 10.1. The fourth-order valence-electron chi connectivity index (χ4n) is 2.34. The molecule has 0 aliphatic rings. The van der Waals surface area contributed by atoms with E-state index in [0.29, 0.717) is 11.8 Å². The molecule has 0 spiro atoms. The van der Waals surface area contributed by atoms with Gasteiger partial charge < -0.3 is 10.6 Å². The first kappa shape index (κ1) is 15.9. The highest BCUT2D eigenvalue weighted by molar-refractivity contribution is 5.59. The van der Waals surface area contributed by atoms with Gasteiger partial charge in [-0.15, -0.1) is 5.10 Å². The van der Waals surface area contributed by atoms with Crippen LogP contribution in [0.3, 0.4) is 0 Å². The average molecular weight is 319 g/mol. The van der Waals surface area contributed by atoms with E-state index in [4.69, 9.17) is 0 Å². The molecule has 2 N–H and O–H groups in total. The van der Waals surface area contributed by atoms with Crippen molar-refractivity contribution in [3.8, 4) is 0 Å². The summed E-state index contributed by atoms with van der Waals surface area (Å²) in [6.07, 6.45) is 3.66.